The molecule has 1 aromatic rings. The van der Waals surface area contributed by atoms with Gasteiger partial charge in [0.1, 0.15) is 0 Å². The van der Waals surface area contributed by atoms with Gasteiger partial charge >= 0.3 is 6.03 Å². The Bertz CT molecular complexity index is 573. The fraction of sp³-hybridized carbons (Fsp3) is 0.438. The van der Waals surface area contributed by atoms with Gasteiger partial charge in [0.2, 0.25) is 0 Å². The molecular weight excluding hydrogens is 282 g/mol. The molecule has 0 bridgehead atoms. The zero-order chi connectivity index (χ0) is 15.5. The van der Waals surface area contributed by atoms with Crippen molar-refractivity contribution in [2.45, 2.75) is 19.3 Å². The van der Waals surface area contributed by atoms with E-state index in [0.717, 1.165) is 25.9 Å². The molecule has 1 N–H and O–H groups in total. The standard InChI is InChI=1S/C16H19N3O3/c20-14-12-6-1-2-7-13(12)15(21)19(14)11-5-8-17-16(22)18-9-3-4-10-18/h1-2,6-7H,3-5,8-11H2,(H,17,22). The molecule has 1 aromatic carbocycles. The quantitative estimate of drug-likeness (QED) is 0.676. The average molecular weight is 301 g/mol. The van der Waals surface area contributed by atoms with Crippen LogP contribution in [0.3, 0.4) is 0 Å². The van der Waals surface area contributed by atoms with Gasteiger partial charge in [0.15, 0.2) is 0 Å². The summed E-state index contributed by atoms with van der Waals surface area (Å²) in [5.74, 6) is -0.488. The third-order valence-corrected chi connectivity index (χ3v) is 4.11. The number of nitrogens with one attached hydrogen (secondary N) is 1. The van der Waals surface area contributed by atoms with E-state index in [2.05, 4.69) is 5.32 Å². The highest BCUT2D eigenvalue weighted by Crippen LogP contribution is 2.22. The van der Waals surface area contributed by atoms with Crippen molar-refractivity contribution in [1.29, 1.82) is 0 Å². The van der Waals surface area contributed by atoms with Gasteiger partial charge in [-0.15, -0.1) is 0 Å². The second-order valence-electron chi connectivity index (χ2n) is 5.59. The Morgan fingerprint density at radius 2 is 1.64 bits per heavy atom. The van der Waals surface area contributed by atoms with Gasteiger partial charge in [-0.1, -0.05) is 12.1 Å². The third kappa shape index (κ3) is 2.68. The number of amides is 4. The summed E-state index contributed by atoms with van der Waals surface area (Å²) in [4.78, 5) is 39.2. The Morgan fingerprint density at radius 1 is 1.05 bits per heavy atom. The van der Waals surface area contributed by atoms with Gasteiger partial charge in [0.05, 0.1) is 11.1 Å². The van der Waals surface area contributed by atoms with Crippen LogP contribution in [-0.2, 0) is 0 Å². The number of hydrogen-bond acceptors (Lipinski definition) is 3. The van der Waals surface area contributed by atoms with Crippen molar-refractivity contribution in [1.82, 2.24) is 15.1 Å². The van der Waals surface area contributed by atoms with Crippen LogP contribution >= 0.6 is 0 Å². The zero-order valence-corrected chi connectivity index (χ0v) is 12.4. The molecule has 4 amide bonds. The third-order valence-electron chi connectivity index (χ3n) is 4.11. The molecule has 0 spiro atoms. The van der Waals surface area contributed by atoms with Crippen molar-refractivity contribution in [3.05, 3.63) is 35.4 Å². The molecular formula is C16H19N3O3. The molecule has 22 heavy (non-hydrogen) atoms. The Hall–Kier alpha value is -2.37. The lowest BCUT2D eigenvalue weighted by molar-refractivity contribution is 0.0653. The van der Waals surface area contributed by atoms with Gasteiger partial charge in [-0.25, -0.2) is 4.79 Å². The summed E-state index contributed by atoms with van der Waals surface area (Å²) in [6.07, 6.45) is 2.68. The zero-order valence-electron chi connectivity index (χ0n) is 12.4. The van der Waals surface area contributed by atoms with Crippen molar-refractivity contribution in [2.75, 3.05) is 26.2 Å². The van der Waals surface area contributed by atoms with Crippen molar-refractivity contribution < 1.29 is 14.4 Å². The van der Waals surface area contributed by atoms with E-state index in [9.17, 15) is 14.4 Å². The summed E-state index contributed by atoms with van der Waals surface area (Å²) < 4.78 is 0. The molecule has 0 aromatic heterocycles. The first-order valence-corrected chi connectivity index (χ1v) is 7.66. The molecule has 116 valence electrons. The lowest BCUT2D eigenvalue weighted by Crippen LogP contribution is -2.39. The average Bonchev–Trinajstić information content (AvgIpc) is 3.14. The van der Waals surface area contributed by atoms with Gasteiger partial charge in [0.25, 0.3) is 11.8 Å². The summed E-state index contributed by atoms with van der Waals surface area (Å²) in [5, 5.41) is 2.84. The molecule has 0 radical (unpaired) electrons. The molecule has 0 atom stereocenters. The lowest BCUT2D eigenvalue weighted by Gasteiger charge is -2.17. The van der Waals surface area contributed by atoms with Crippen LogP contribution in [0, 0.1) is 0 Å². The minimum atomic E-state index is -0.244. The number of carbonyl (C=O) groups is 3. The molecule has 1 saturated heterocycles. The van der Waals surface area contributed by atoms with Crippen molar-refractivity contribution in [3.63, 3.8) is 0 Å². The fourth-order valence-electron chi connectivity index (χ4n) is 2.91. The Balaban J connectivity index is 1.48. The Morgan fingerprint density at radius 3 is 2.23 bits per heavy atom. The first-order valence-electron chi connectivity index (χ1n) is 7.66. The van der Waals surface area contributed by atoms with Crippen LogP contribution in [-0.4, -0.2) is 53.8 Å². The van der Waals surface area contributed by atoms with Crippen LogP contribution in [0.5, 0.6) is 0 Å². The van der Waals surface area contributed by atoms with E-state index >= 15 is 0 Å². The number of carbonyl (C=O) groups excluding carboxylic acids is 3. The maximum absolute atomic E-state index is 12.2. The van der Waals surface area contributed by atoms with E-state index in [-0.39, 0.29) is 17.8 Å². The van der Waals surface area contributed by atoms with Gasteiger partial charge < -0.3 is 10.2 Å². The van der Waals surface area contributed by atoms with Crippen molar-refractivity contribution in [3.8, 4) is 0 Å². The molecule has 6 heteroatoms. The van der Waals surface area contributed by atoms with Gasteiger partial charge in [-0.2, -0.15) is 0 Å². The van der Waals surface area contributed by atoms with Crippen LogP contribution in [0.2, 0.25) is 0 Å². The number of imide groups is 1. The predicted molar refractivity (Wildman–Crippen MR) is 80.6 cm³/mol. The first kappa shape index (κ1) is 14.6. The van der Waals surface area contributed by atoms with E-state index in [4.69, 9.17) is 0 Å². The summed E-state index contributed by atoms with van der Waals surface area (Å²) in [6.45, 7) is 2.41. The number of urea groups is 1. The number of hydrogen-bond donors (Lipinski definition) is 1. The molecule has 0 aliphatic carbocycles. The number of rotatable bonds is 4. The molecule has 2 heterocycles. The van der Waals surface area contributed by atoms with Crippen LogP contribution in [0.15, 0.2) is 24.3 Å². The fourth-order valence-corrected chi connectivity index (χ4v) is 2.91. The number of fused-ring (bicyclic) bond motifs is 1. The lowest BCUT2D eigenvalue weighted by atomic mass is 10.1. The smallest absolute Gasteiger partial charge is 0.317 e. The first-order chi connectivity index (χ1) is 10.7. The maximum atomic E-state index is 12.2. The number of benzene rings is 1. The molecule has 1 fully saturated rings. The van der Waals surface area contributed by atoms with E-state index in [0.29, 0.717) is 30.6 Å². The SMILES string of the molecule is O=C(NCCCN1C(=O)c2ccccc2C1=O)N1CCCC1. The number of nitrogens with zero attached hydrogens (tertiary/aromatic N) is 2. The summed E-state index contributed by atoms with van der Waals surface area (Å²) in [7, 11) is 0. The minimum Gasteiger partial charge on any atom is -0.338 e. The molecule has 6 nitrogen and oxygen atoms in total. The van der Waals surface area contributed by atoms with Gasteiger partial charge in [-0.3, -0.25) is 14.5 Å². The number of likely N-dealkylation sites (tertiary alicyclic amines) is 1. The van der Waals surface area contributed by atoms with Gasteiger partial charge in [-0.05, 0) is 31.4 Å². The van der Waals surface area contributed by atoms with Crippen LogP contribution < -0.4 is 5.32 Å². The summed E-state index contributed by atoms with van der Waals surface area (Å²) in [5.41, 5.74) is 0.933. The molecule has 0 saturated carbocycles. The van der Waals surface area contributed by atoms with E-state index < -0.39 is 0 Å². The van der Waals surface area contributed by atoms with Crippen LogP contribution in [0.1, 0.15) is 40.0 Å². The minimum absolute atomic E-state index is 0.0557. The second kappa shape index (κ2) is 6.17. The molecule has 2 aliphatic rings. The van der Waals surface area contributed by atoms with Crippen molar-refractivity contribution in [2.24, 2.45) is 0 Å². The largest absolute Gasteiger partial charge is 0.338 e. The van der Waals surface area contributed by atoms with Crippen LogP contribution in [0.25, 0.3) is 0 Å². The second-order valence-corrected chi connectivity index (χ2v) is 5.59. The highest BCUT2D eigenvalue weighted by molar-refractivity contribution is 6.21. The molecule has 3 rings (SSSR count). The van der Waals surface area contributed by atoms with E-state index in [1.54, 1.807) is 29.2 Å². The normalized spacial score (nSPS) is 17.1. The molecule has 2 aliphatic heterocycles. The summed E-state index contributed by atoms with van der Waals surface area (Å²) >= 11 is 0. The Kier molecular flexibility index (Phi) is 4.09. The highest BCUT2D eigenvalue weighted by Gasteiger charge is 2.34. The maximum Gasteiger partial charge on any atom is 0.317 e. The van der Waals surface area contributed by atoms with E-state index in [1.165, 1.54) is 4.90 Å². The van der Waals surface area contributed by atoms with E-state index in [1.807, 2.05) is 0 Å². The van der Waals surface area contributed by atoms with Crippen LogP contribution in [0.4, 0.5) is 4.79 Å². The Labute approximate surface area is 129 Å². The summed E-state index contributed by atoms with van der Waals surface area (Å²) in [6, 6.07) is 6.79. The predicted octanol–water partition coefficient (Wildman–Crippen LogP) is 1.48. The van der Waals surface area contributed by atoms with Gasteiger partial charge in [0, 0.05) is 26.2 Å². The monoisotopic (exact) mass is 301 g/mol. The highest BCUT2D eigenvalue weighted by atomic mass is 16.2. The topological polar surface area (TPSA) is 69.7 Å². The molecule has 0 unspecified atom stereocenters. The van der Waals surface area contributed by atoms with Crippen molar-refractivity contribution >= 4 is 17.8 Å².